The first-order valence-electron chi connectivity index (χ1n) is 5.19. The Balaban J connectivity index is 2.08. The second kappa shape index (κ2) is 4.24. The first-order chi connectivity index (χ1) is 7.07. The van der Waals surface area contributed by atoms with Crippen molar-refractivity contribution < 1.29 is 4.74 Å². The molecule has 0 amide bonds. The van der Waals surface area contributed by atoms with Gasteiger partial charge in [0.15, 0.2) is 0 Å². The fourth-order valence-electron chi connectivity index (χ4n) is 1.71. The van der Waals surface area contributed by atoms with Crippen molar-refractivity contribution in [1.29, 1.82) is 0 Å². The van der Waals surface area contributed by atoms with E-state index in [9.17, 15) is 0 Å². The van der Waals surface area contributed by atoms with Crippen LogP contribution in [0.4, 0.5) is 0 Å². The molecule has 15 heavy (non-hydrogen) atoms. The van der Waals surface area contributed by atoms with Crippen molar-refractivity contribution in [2.45, 2.75) is 25.5 Å². The largest absolute Gasteiger partial charge is 0.370 e. The van der Waals surface area contributed by atoms with Crippen molar-refractivity contribution in [2.24, 2.45) is 0 Å². The van der Waals surface area contributed by atoms with Crippen LogP contribution in [0.1, 0.15) is 25.5 Å². The first kappa shape index (κ1) is 11.1. The molecule has 3 heteroatoms. The van der Waals surface area contributed by atoms with Gasteiger partial charge in [-0.15, -0.1) is 0 Å². The molecule has 0 radical (unpaired) electrons. The lowest BCUT2D eigenvalue weighted by Crippen LogP contribution is -2.50. The maximum Gasteiger partial charge on any atom is 0.0950 e. The van der Waals surface area contributed by atoms with Gasteiger partial charge in [0.25, 0.3) is 0 Å². The van der Waals surface area contributed by atoms with Crippen LogP contribution in [0, 0.1) is 0 Å². The number of morpholine rings is 1. The zero-order valence-electron chi connectivity index (χ0n) is 9.09. The molecule has 2 rings (SSSR count). The molecule has 2 nitrogen and oxygen atoms in total. The fraction of sp³-hybridized carbons (Fsp3) is 0.500. The minimum Gasteiger partial charge on any atom is -0.370 e. The number of hydrogen-bond acceptors (Lipinski definition) is 2. The van der Waals surface area contributed by atoms with Gasteiger partial charge in [-0.3, -0.25) is 0 Å². The van der Waals surface area contributed by atoms with Crippen molar-refractivity contribution in [3.8, 4) is 0 Å². The van der Waals surface area contributed by atoms with E-state index < -0.39 is 0 Å². The van der Waals surface area contributed by atoms with Gasteiger partial charge in [-0.2, -0.15) is 0 Å². The standard InChI is InChI=1S/C12H16BrNO/c1-12(2)8-15-11(7-14-12)9-4-3-5-10(13)6-9/h3-6,11,14H,7-8H2,1-2H3. The van der Waals surface area contributed by atoms with Gasteiger partial charge in [-0.25, -0.2) is 0 Å². The number of ether oxygens (including phenoxy) is 1. The lowest BCUT2D eigenvalue weighted by atomic mass is 10.0. The zero-order valence-corrected chi connectivity index (χ0v) is 10.7. The summed E-state index contributed by atoms with van der Waals surface area (Å²) in [5.74, 6) is 0. The second-order valence-electron chi connectivity index (χ2n) is 4.62. The number of halogens is 1. The van der Waals surface area contributed by atoms with Gasteiger partial charge in [-0.05, 0) is 31.5 Å². The molecule has 1 N–H and O–H groups in total. The Morgan fingerprint density at radius 3 is 2.87 bits per heavy atom. The van der Waals surface area contributed by atoms with E-state index in [1.807, 2.05) is 12.1 Å². The predicted molar refractivity (Wildman–Crippen MR) is 64.9 cm³/mol. The molecule has 1 saturated heterocycles. The third kappa shape index (κ3) is 2.80. The van der Waals surface area contributed by atoms with Gasteiger partial charge in [0, 0.05) is 16.6 Å². The van der Waals surface area contributed by atoms with E-state index in [2.05, 4.69) is 47.2 Å². The molecule has 0 aliphatic carbocycles. The van der Waals surface area contributed by atoms with E-state index in [4.69, 9.17) is 4.74 Å². The van der Waals surface area contributed by atoms with E-state index in [1.165, 1.54) is 5.56 Å². The average Bonchev–Trinajstić information content (AvgIpc) is 2.17. The molecule has 1 aromatic carbocycles. The Kier molecular flexibility index (Phi) is 3.14. The zero-order chi connectivity index (χ0) is 10.9. The third-order valence-electron chi connectivity index (χ3n) is 2.63. The van der Waals surface area contributed by atoms with Crippen molar-refractivity contribution >= 4 is 15.9 Å². The van der Waals surface area contributed by atoms with E-state index in [1.54, 1.807) is 0 Å². The molecule has 0 aromatic heterocycles. The van der Waals surface area contributed by atoms with Gasteiger partial charge in [0.05, 0.1) is 12.7 Å². The summed E-state index contributed by atoms with van der Waals surface area (Å²) in [7, 11) is 0. The van der Waals surface area contributed by atoms with Gasteiger partial charge in [0.2, 0.25) is 0 Å². The molecular weight excluding hydrogens is 254 g/mol. The van der Waals surface area contributed by atoms with Crippen LogP contribution in [0.25, 0.3) is 0 Å². The van der Waals surface area contributed by atoms with Crippen LogP contribution >= 0.6 is 15.9 Å². The molecule has 1 unspecified atom stereocenters. The average molecular weight is 270 g/mol. The highest BCUT2D eigenvalue weighted by Gasteiger charge is 2.27. The molecule has 0 bridgehead atoms. The highest BCUT2D eigenvalue weighted by Crippen LogP contribution is 2.25. The molecule has 1 atom stereocenters. The monoisotopic (exact) mass is 269 g/mol. The van der Waals surface area contributed by atoms with E-state index in [0.29, 0.717) is 0 Å². The van der Waals surface area contributed by atoms with Crippen LogP contribution in [-0.2, 0) is 4.74 Å². The summed E-state index contributed by atoms with van der Waals surface area (Å²) in [4.78, 5) is 0. The molecule has 0 spiro atoms. The van der Waals surface area contributed by atoms with Gasteiger partial charge >= 0.3 is 0 Å². The summed E-state index contributed by atoms with van der Waals surface area (Å²) in [5.41, 5.74) is 1.33. The smallest absolute Gasteiger partial charge is 0.0950 e. The minimum atomic E-state index is 0.0997. The van der Waals surface area contributed by atoms with Crippen LogP contribution in [0.2, 0.25) is 0 Å². The van der Waals surface area contributed by atoms with E-state index in [0.717, 1.165) is 17.6 Å². The topological polar surface area (TPSA) is 21.3 Å². The van der Waals surface area contributed by atoms with Crippen LogP contribution in [0.3, 0.4) is 0 Å². The number of rotatable bonds is 1. The summed E-state index contributed by atoms with van der Waals surface area (Å²) in [5, 5.41) is 3.49. The Morgan fingerprint density at radius 2 is 2.27 bits per heavy atom. The maximum absolute atomic E-state index is 5.85. The summed E-state index contributed by atoms with van der Waals surface area (Å²) in [6.07, 6.45) is 0.176. The summed E-state index contributed by atoms with van der Waals surface area (Å²) in [6.45, 7) is 5.95. The molecule has 1 aliphatic rings. The Morgan fingerprint density at radius 1 is 1.47 bits per heavy atom. The molecule has 1 aliphatic heterocycles. The fourth-order valence-corrected chi connectivity index (χ4v) is 2.13. The Labute approximate surface area is 99.1 Å². The van der Waals surface area contributed by atoms with Gasteiger partial charge < -0.3 is 10.1 Å². The molecular formula is C12H16BrNO. The molecule has 1 fully saturated rings. The summed E-state index contributed by atoms with van der Waals surface area (Å²) in [6, 6.07) is 8.30. The maximum atomic E-state index is 5.85. The summed E-state index contributed by atoms with van der Waals surface area (Å²) >= 11 is 3.48. The highest BCUT2D eigenvalue weighted by atomic mass is 79.9. The predicted octanol–water partition coefficient (Wildman–Crippen LogP) is 2.89. The van der Waals surface area contributed by atoms with Crippen LogP contribution < -0.4 is 5.32 Å². The third-order valence-corrected chi connectivity index (χ3v) is 3.13. The SMILES string of the molecule is CC1(C)COC(c2cccc(Br)c2)CN1. The van der Waals surface area contributed by atoms with Crippen LogP contribution in [-0.4, -0.2) is 18.7 Å². The number of benzene rings is 1. The van der Waals surface area contributed by atoms with Crippen molar-refractivity contribution in [2.75, 3.05) is 13.2 Å². The Bertz CT molecular complexity index is 341. The first-order valence-corrected chi connectivity index (χ1v) is 5.98. The van der Waals surface area contributed by atoms with Crippen molar-refractivity contribution in [3.63, 3.8) is 0 Å². The van der Waals surface area contributed by atoms with Crippen LogP contribution in [0.5, 0.6) is 0 Å². The number of hydrogen-bond donors (Lipinski definition) is 1. The molecule has 1 heterocycles. The van der Waals surface area contributed by atoms with E-state index in [-0.39, 0.29) is 11.6 Å². The van der Waals surface area contributed by atoms with Crippen LogP contribution in [0.15, 0.2) is 28.7 Å². The quantitative estimate of drug-likeness (QED) is 0.847. The minimum absolute atomic E-state index is 0.0997. The summed E-state index contributed by atoms with van der Waals surface area (Å²) < 4.78 is 6.96. The highest BCUT2D eigenvalue weighted by molar-refractivity contribution is 9.10. The lowest BCUT2D eigenvalue weighted by Gasteiger charge is -2.36. The lowest BCUT2D eigenvalue weighted by molar-refractivity contribution is -0.0229. The second-order valence-corrected chi connectivity index (χ2v) is 5.54. The molecule has 82 valence electrons. The Hall–Kier alpha value is -0.380. The van der Waals surface area contributed by atoms with Crippen molar-refractivity contribution in [3.05, 3.63) is 34.3 Å². The van der Waals surface area contributed by atoms with E-state index >= 15 is 0 Å². The number of nitrogens with one attached hydrogen (secondary N) is 1. The molecule has 0 saturated carbocycles. The normalized spacial score (nSPS) is 25.1. The van der Waals surface area contributed by atoms with Crippen molar-refractivity contribution in [1.82, 2.24) is 5.32 Å². The molecule has 1 aromatic rings. The van der Waals surface area contributed by atoms with Gasteiger partial charge in [-0.1, -0.05) is 28.1 Å². The van der Waals surface area contributed by atoms with Gasteiger partial charge in [0.1, 0.15) is 0 Å².